The number of halogens is 3. The molecule has 1 amide bonds. The van der Waals surface area contributed by atoms with Gasteiger partial charge in [0.25, 0.3) is 0 Å². The Morgan fingerprint density at radius 2 is 2.04 bits per heavy atom. The van der Waals surface area contributed by atoms with Gasteiger partial charge in [-0.3, -0.25) is 4.79 Å². The van der Waals surface area contributed by atoms with Crippen molar-refractivity contribution in [3.05, 3.63) is 52.9 Å². The molecule has 0 spiro atoms. The molecule has 2 heterocycles. The number of amides is 1. The summed E-state index contributed by atoms with van der Waals surface area (Å²) in [6.07, 6.45) is 3.59. The molecule has 0 radical (unpaired) electrons. The second-order valence-corrected chi connectivity index (χ2v) is 8.40. The van der Waals surface area contributed by atoms with E-state index in [0.717, 1.165) is 4.88 Å². The van der Waals surface area contributed by atoms with Crippen molar-refractivity contribution >= 4 is 81.3 Å². The molecule has 0 aromatic carbocycles. The van der Waals surface area contributed by atoms with Crippen molar-refractivity contribution in [1.29, 1.82) is 0 Å². The van der Waals surface area contributed by atoms with Crippen LogP contribution in [0.15, 0.2) is 48.0 Å². The van der Waals surface area contributed by atoms with E-state index in [4.69, 9.17) is 47.0 Å². The van der Waals surface area contributed by atoms with Crippen LogP contribution in [0.5, 0.6) is 0 Å². The van der Waals surface area contributed by atoms with E-state index in [9.17, 15) is 4.79 Å². The number of rotatable bonds is 5. The standard InChI is InChI=1S/C15H13Cl3N4OS2/c16-15(17,18)13(21-12(23)7-6-10-4-3-9-25-10)22-14(24)20-11-5-1-2-8-19-11/h1-9,13H,(H,21,23)(H2,19,20,22,24)/b7-6+. The van der Waals surface area contributed by atoms with Crippen molar-refractivity contribution in [2.45, 2.75) is 9.96 Å². The zero-order valence-corrected chi connectivity index (χ0v) is 16.5. The molecule has 1 atom stereocenters. The van der Waals surface area contributed by atoms with Gasteiger partial charge in [-0.1, -0.05) is 46.9 Å². The van der Waals surface area contributed by atoms with Crippen molar-refractivity contribution < 1.29 is 4.79 Å². The van der Waals surface area contributed by atoms with Crippen molar-refractivity contribution in [3.63, 3.8) is 0 Å². The average Bonchev–Trinajstić information content (AvgIpc) is 3.06. The maximum absolute atomic E-state index is 12.0. The molecule has 2 aromatic heterocycles. The molecule has 5 nitrogen and oxygen atoms in total. The van der Waals surface area contributed by atoms with Crippen molar-refractivity contribution in [2.75, 3.05) is 5.32 Å². The van der Waals surface area contributed by atoms with Crippen LogP contribution in [0.25, 0.3) is 6.08 Å². The van der Waals surface area contributed by atoms with Gasteiger partial charge >= 0.3 is 0 Å². The molecule has 1 unspecified atom stereocenters. The molecule has 132 valence electrons. The molecule has 2 aromatic rings. The zero-order valence-electron chi connectivity index (χ0n) is 12.6. The largest absolute Gasteiger partial charge is 0.339 e. The monoisotopic (exact) mass is 434 g/mol. The first-order chi connectivity index (χ1) is 11.8. The van der Waals surface area contributed by atoms with E-state index >= 15 is 0 Å². The molecule has 0 aliphatic carbocycles. The Bertz CT molecular complexity index is 733. The van der Waals surface area contributed by atoms with E-state index in [2.05, 4.69) is 20.9 Å². The highest BCUT2D eigenvalue weighted by Gasteiger charge is 2.34. The molecular weight excluding hydrogens is 423 g/mol. The van der Waals surface area contributed by atoms with Gasteiger partial charge in [0.05, 0.1) is 0 Å². The Balaban J connectivity index is 1.96. The lowest BCUT2D eigenvalue weighted by Crippen LogP contribution is -2.55. The zero-order chi connectivity index (χ0) is 18.3. The van der Waals surface area contributed by atoms with Gasteiger partial charge in [-0.25, -0.2) is 4.98 Å². The number of hydrogen-bond donors (Lipinski definition) is 3. The highest BCUT2D eigenvalue weighted by atomic mass is 35.6. The summed E-state index contributed by atoms with van der Waals surface area (Å²) in [5.74, 6) is 0.0878. The van der Waals surface area contributed by atoms with Crippen LogP contribution in [0.1, 0.15) is 4.88 Å². The third-order valence-electron chi connectivity index (χ3n) is 2.74. The fourth-order valence-corrected chi connectivity index (χ4v) is 2.82. The summed E-state index contributed by atoms with van der Waals surface area (Å²) in [5, 5.41) is 10.2. The van der Waals surface area contributed by atoms with Crippen LogP contribution < -0.4 is 16.0 Å². The van der Waals surface area contributed by atoms with Gasteiger partial charge in [0.1, 0.15) is 12.0 Å². The molecule has 0 bridgehead atoms. The van der Waals surface area contributed by atoms with E-state index in [0.29, 0.717) is 5.82 Å². The normalized spacial score (nSPS) is 12.6. The average molecular weight is 436 g/mol. The fourth-order valence-electron chi connectivity index (χ4n) is 1.65. The maximum atomic E-state index is 12.0. The Labute approximate surface area is 169 Å². The van der Waals surface area contributed by atoms with Gasteiger partial charge in [-0.2, -0.15) is 0 Å². The highest BCUT2D eigenvalue weighted by Crippen LogP contribution is 2.29. The lowest BCUT2D eigenvalue weighted by atomic mass is 10.4. The first kappa shape index (κ1) is 19.9. The third-order valence-corrected chi connectivity index (χ3v) is 4.45. The van der Waals surface area contributed by atoms with Crippen LogP contribution in [-0.4, -0.2) is 26.0 Å². The molecule has 0 saturated heterocycles. The summed E-state index contributed by atoms with van der Waals surface area (Å²) >= 11 is 24.4. The molecule has 10 heteroatoms. The molecule has 0 saturated carbocycles. The van der Waals surface area contributed by atoms with Gasteiger partial charge in [-0.05, 0) is 41.9 Å². The predicted molar refractivity (Wildman–Crippen MR) is 109 cm³/mol. The molecule has 0 aliphatic rings. The van der Waals surface area contributed by atoms with E-state index in [1.54, 1.807) is 30.5 Å². The van der Waals surface area contributed by atoms with Crippen molar-refractivity contribution in [1.82, 2.24) is 15.6 Å². The molecular formula is C15H13Cl3N4OS2. The summed E-state index contributed by atoms with van der Waals surface area (Å²) in [6, 6.07) is 9.05. The summed E-state index contributed by atoms with van der Waals surface area (Å²) < 4.78 is -1.82. The van der Waals surface area contributed by atoms with E-state index in [-0.39, 0.29) is 5.11 Å². The van der Waals surface area contributed by atoms with Gasteiger partial charge in [0, 0.05) is 17.2 Å². The molecule has 25 heavy (non-hydrogen) atoms. The van der Waals surface area contributed by atoms with E-state index in [1.807, 2.05) is 17.5 Å². The molecule has 0 fully saturated rings. The lowest BCUT2D eigenvalue weighted by molar-refractivity contribution is -0.117. The van der Waals surface area contributed by atoms with E-state index < -0.39 is 15.9 Å². The van der Waals surface area contributed by atoms with Crippen molar-refractivity contribution in [2.24, 2.45) is 0 Å². The second kappa shape index (κ2) is 9.35. The summed E-state index contributed by atoms with van der Waals surface area (Å²) in [5.41, 5.74) is 0. The number of pyridine rings is 1. The van der Waals surface area contributed by atoms with Crippen LogP contribution >= 0.6 is 58.4 Å². The van der Waals surface area contributed by atoms with Crippen LogP contribution in [0.2, 0.25) is 0 Å². The molecule has 3 N–H and O–H groups in total. The molecule has 0 aliphatic heterocycles. The third kappa shape index (κ3) is 7.17. The Kier molecular flexibility index (Phi) is 7.46. The Morgan fingerprint density at radius 3 is 2.64 bits per heavy atom. The number of thiophene rings is 1. The maximum Gasteiger partial charge on any atom is 0.245 e. The predicted octanol–water partition coefficient (Wildman–Crippen LogP) is 3.96. The smallest absolute Gasteiger partial charge is 0.245 e. The minimum atomic E-state index is -1.82. The van der Waals surface area contributed by atoms with Crippen LogP contribution in [0.4, 0.5) is 5.82 Å². The minimum Gasteiger partial charge on any atom is -0.339 e. The number of thiocarbonyl (C=S) groups is 1. The first-order valence-electron chi connectivity index (χ1n) is 6.92. The number of aromatic nitrogens is 1. The Hall–Kier alpha value is -1.38. The van der Waals surface area contributed by atoms with Gasteiger partial charge < -0.3 is 16.0 Å². The lowest BCUT2D eigenvalue weighted by Gasteiger charge is -2.27. The molecule has 2 rings (SSSR count). The van der Waals surface area contributed by atoms with Gasteiger partial charge in [0.2, 0.25) is 9.70 Å². The number of hydrogen-bond acceptors (Lipinski definition) is 4. The van der Waals surface area contributed by atoms with Gasteiger partial charge in [0.15, 0.2) is 5.11 Å². The van der Waals surface area contributed by atoms with Crippen LogP contribution in [0.3, 0.4) is 0 Å². The van der Waals surface area contributed by atoms with Gasteiger partial charge in [-0.15, -0.1) is 11.3 Å². The number of carbonyl (C=O) groups excluding carboxylic acids is 1. The summed E-state index contributed by atoms with van der Waals surface area (Å²) in [7, 11) is 0. The second-order valence-electron chi connectivity index (χ2n) is 4.65. The number of anilines is 1. The minimum absolute atomic E-state index is 0.151. The van der Waals surface area contributed by atoms with Crippen LogP contribution in [-0.2, 0) is 4.79 Å². The SMILES string of the molecule is O=C(/C=C/c1cccs1)NC(NC(=S)Nc1ccccn1)C(Cl)(Cl)Cl. The van der Waals surface area contributed by atoms with Crippen LogP contribution in [0, 0.1) is 0 Å². The fraction of sp³-hybridized carbons (Fsp3) is 0.133. The number of nitrogens with one attached hydrogen (secondary N) is 3. The summed E-state index contributed by atoms with van der Waals surface area (Å²) in [6.45, 7) is 0. The van der Waals surface area contributed by atoms with E-state index in [1.165, 1.54) is 17.4 Å². The summed E-state index contributed by atoms with van der Waals surface area (Å²) in [4.78, 5) is 17.1. The van der Waals surface area contributed by atoms with Crippen molar-refractivity contribution in [3.8, 4) is 0 Å². The first-order valence-corrected chi connectivity index (χ1v) is 9.34. The number of carbonyl (C=O) groups is 1. The topological polar surface area (TPSA) is 66.1 Å². The number of nitrogens with zero attached hydrogens (tertiary/aromatic N) is 1. The number of alkyl halides is 3. The highest BCUT2D eigenvalue weighted by molar-refractivity contribution is 7.80. The quantitative estimate of drug-likeness (QED) is 0.287. The Morgan fingerprint density at radius 1 is 1.24 bits per heavy atom.